The van der Waals surface area contributed by atoms with Gasteiger partial charge >= 0.3 is 0 Å². The van der Waals surface area contributed by atoms with Gasteiger partial charge in [0.25, 0.3) is 0 Å². The molecule has 0 aliphatic heterocycles. The van der Waals surface area contributed by atoms with Crippen LogP contribution in [0.15, 0.2) is 188 Å². The molecule has 0 amide bonds. The molecule has 0 radical (unpaired) electrons. The molecular weight excluding hydrogens is 607 g/mol. The molecule has 2 aromatic heterocycles. The largest absolute Gasteiger partial charge is 0.311 e. The summed E-state index contributed by atoms with van der Waals surface area (Å²) in [5, 5.41) is 7.39. The van der Waals surface area contributed by atoms with Crippen molar-refractivity contribution in [3.8, 4) is 22.3 Å². The Hall–Kier alpha value is -6.71. The van der Waals surface area contributed by atoms with Gasteiger partial charge in [0.2, 0.25) is 0 Å². The van der Waals surface area contributed by atoms with E-state index in [1.807, 2.05) is 0 Å². The molecule has 0 fully saturated rings. The van der Waals surface area contributed by atoms with E-state index in [0.717, 1.165) is 33.7 Å². The Balaban J connectivity index is 1.06. The van der Waals surface area contributed by atoms with Crippen LogP contribution in [0, 0.1) is 0 Å². The standard InChI is InChI=1S/C47H31N3/c1-3-12-37(13-4-1)50(38-14-5-2-6-15-38)39-26-22-33(23-27-39)32-18-20-34(21-19-32)36-25-28-41-43(31-36)45-40-16-8-7-11-35(40)24-29-42(45)46-47(41)49-30-10-9-17-44(49)48-46/h1-31H. The molecule has 8 aromatic carbocycles. The summed E-state index contributed by atoms with van der Waals surface area (Å²) in [6, 6.07) is 65.2. The first-order valence-corrected chi connectivity index (χ1v) is 17.1. The molecule has 0 spiro atoms. The second-order valence-corrected chi connectivity index (χ2v) is 12.8. The molecule has 0 N–H and O–H groups in total. The minimum Gasteiger partial charge on any atom is -0.311 e. The molecular formula is C47H31N3. The fraction of sp³-hybridized carbons (Fsp3) is 0. The fourth-order valence-corrected chi connectivity index (χ4v) is 7.60. The van der Waals surface area contributed by atoms with E-state index in [0.29, 0.717) is 0 Å². The van der Waals surface area contributed by atoms with E-state index in [-0.39, 0.29) is 0 Å². The smallest absolute Gasteiger partial charge is 0.137 e. The van der Waals surface area contributed by atoms with Crippen molar-refractivity contribution in [1.29, 1.82) is 0 Å². The Kier molecular flexibility index (Phi) is 6.49. The molecule has 3 nitrogen and oxygen atoms in total. The Morgan fingerprint density at radius 2 is 0.960 bits per heavy atom. The van der Waals surface area contributed by atoms with Gasteiger partial charge in [0.05, 0.1) is 11.0 Å². The molecule has 0 atom stereocenters. The van der Waals surface area contributed by atoms with Crippen molar-refractivity contribution in [3.63, 3.8) is 0 Å². The van der Waals surface area contributed by atoms with Crippen LogP contribution in [0.1, 0.15) is 0 Å². The zero-order valence-corrected chi connectivity index (χ0v) is 27.2. The Morgan fingerprint density at radius 3 is 1.68 bits per heavy atom. The summed E-state index contributed by atoms with van der Waals surface area (Å²) in [4.78, 5) is 7.42. The third-order valence-electron chi connectivity index (χ3n) is 9.96. The van der Waals surface area contributed by atoms with Crippen LogP contribution in [0.4, 0.5) is 17.1 Å². The first kappa shape index (κ1) is 28.3. The number of nitrogens with zero attached hydrogens (tertiary/aromatic N) is 3. The summed E-state index contributed by atoms with van der Waals surface area (Å²) in [5.41, 5.74) is 11.3. The molecule has 10 aromatic rings. The highest BCUT2D eigenvalue weighted by atomic mass is 15.1. The van der Waals surface area contributed by atoms with Crippen LogP contribution >= 0.6 is 0 Å². The second kappa shape index (κ2) is 11.5. The quantitative estimate of drug-likeness (QED) is 0.175. The van der Waals surface area contributed by atoms with Crippen molar-refractivity contribution in [2.24, 2.45) is 0 Å². The lowest BCUT2D eigenvalue weighted by molar-refractivity contribution is 1.23. The van der Waals surface area contributed by atoms with Crippen molar-refractivity contribution in [1.82, 2.24) is 9.38 Å². The highest BCUT2D eigenvalue weighted by Crippen LogP contribution is 2.41. The molecule has 0 aliphatic rings. The van der Waals surface area contributed by atoms with Gasteiger partial charge in [0, 0.05) is 34.0 Å². The van der Waals surface area contributed by atoms with Gasteiger partial charge in [-0.2, -0.15) is 0 Å². The van der Waals surface area contributed by atoms with E-state index >= 15 is 0 Å². The van der Waals surface area contributed by atoms with E-state index in [9.17, 15) is 0 Å². The number of hydrogen-bond acceptors (Lipinski definition) is 2. The summed E-state index contributed by atoms with van der Waals surface area (Å²) in [7, 11) is 0. The molecule has 0 saturated carbocycles. The van der Waals surface area contributed by atoms with Gasteiger partial charge in [0.15, 0.2) is 0 Å². The highest BCUT2D eigenvalue weighted by molar-refractivity contribution is 6.30. The summed E-state index contributed by atoms with van der Waals surface area (Å²) in [6.45, 7) is 0. The number of fused-ring (bicyclic) bond motifs is 10. The normalized spacial score (nSPS) is 11.6. The average molecular weight is 638 g/mol. The van der Waals surface area contributed by atoms with Crippen LogP contribution in [-0.4, -0.2) is 9.38 Å². The molecule has 234 valence electrons. The third-order valence-corrected chi connectivity index (χ3v) is 9.96. The molecule has 0 unspecified atom stereocenters. The van der Waals surface area contributed by atoms with E-state index in [4.69, 9.17) is 4.98 Å². The maximum atomic E-state index is 5.13. The lowest BCUT2D eigenvalue weighted by Gasteiger charge is -2.25. The van der Waals surface area contributed by atoms with E-state index in [1.54, 1.807) is 0 Å². The minimum absolute atomic E-state index is 0.963. The van der Waals surface area contributed by atoms with Crippen LogP contribution in [-0.2, 0) is 0 Å². The van der Waals surface area contributed by atoms with Gasteiger partial charge in [-0.3, -0.25) is 4.40 Å². The molecule has 10 rings (SSSR count). The zero-order valence-electron chi connectivity index (χ0n) is 27.2. The van der Waals surface area contributed by atoms with Crippen molar-refractivity contribution >= 4 is 66.1 Å². The minimum atomic E-state index is 0.963. The number of aromatic nitrogens is 2. The molecule has 0 saturated heterocycles. The molecule has 0 aliphatic carbocycles. The summed E-state index contributed by atoms with van der Waals surface area (Å²) >= 11 is 0. The maximum Gasteiger partial charge on any atom is 0.137 e. The molecule has 0 bridgehead atoms. The average Bonchev–Trinajstić information content (AvgIpc) is 3.59. The van der Waals surface area contributed by atoms with E-state index in [1.165, 1.54) is 54.6 Å². The number of pyridine rings is 1. The van der Waals surface area contributed by atoms with Crippen molar-refractivity contribution < 1.29 is 0 Å². The van der Waals surface area contributed by atoms with Crippen molar-refractivity contribution in [2.75, 3.05) is 4.90 Å². The summed E-state index contributed by atoms with van der Waals surface area (Å²) in [5.74, 6) is 0. The van der Waals surface area contributed by atoms with Crippen LogP contribution < -0.4 is 4.90 Å². The lowest BCUT2D eigenvalue weighted by atomic mass is 9.92. The number of anilines is 3. The molecule has 3 heteroatoms. The third kappa shape index (κ3) is 4.56. The topological polar surface area (TPSA) is 20.5 Å². The van der Waals surface area contributed by atoms with Gasteiger partial charge in [-0.25, -0.2) is 4.98 Å². The monoisotopic (exact) mass is 637 g/mol. The van der Waals surface area contributed by atoms with E-state index in [2.05, 4.69) is 197 Å². The Morgan fingerprint density at radius 1 is 0.400 bits per heavy atom. The van der Waals surface area contributed by atoms with Gasteiger partial charge < -0.3 is 4.90 Å². The Bertz CT molecular complexity index is 2800. The number of para-hydroxylation sites is 2. The number of imidazole rings is 1. The SMILES string of the molecule is c1ccc(N(c2ccccc2)c2ccc(-c3ccc(-c4ccc5c(c4)c4c6ccccc6ccc4c4nc6ccccn6c54)cc3)cc2)cc1. The van der Waals surface area contributed by atoms with Gasteiger partial charge in [0.1, 0.15) is 5.65 Å². The zero-order chi connectivity index (χ0) is 33.0. The number of benzene rings is 8. The van der Waals surface area contributed by atoms with Crippen LogP contribution in [0.5, 0.6) is 0 Å². The molecule has 2 heterocycles. The Labute approximate surface area is 289 Å². The van der Waals surface area contributed by atoms with Gasteiger partial charge in [-0.15, -0.1) is 0 Å². The number of hydrogen-bond donors (Lipinski definition) is 0. The van der Waals surface area contributed by atoms with Crippen LogP contribution in [0.3, 0.4) is 0 Å². The summed E-state index contributed by atoms with van der Waals surface area (Å²) < 4.78 is 2.23. The van der Waals surface area contributed by atoms with Gasteiger partial charge in [-0.1, -0.05) is 127 Å². The lowest BCUT2D eigenvalue weighted by Crippen LogP contribution is -2.09. The fourth-order valence-electron chi connectivity index (χ4n) is 7.60. The number of rotatable bonds is 5. The second-order valence-electron chi connectivity index (χ2n) is 12.8. The highest BCUT2D eigenvalue weighted by Gasteiger charge is 2.17. The van der Waals surface area contributed by atoms with Crippen molar-refractivity contribution in [3.05, 3.63) is 188 Å². The summed E-state index contributed by atoms with van der Waals surface area (Å²) in [6.07, 6.45) is 2.12. The van der Waals surface area contributed by atoms with Crippen LogP contribution in [0.2, 0.25) is 0 Å². The predicted molar refractivity (Wildman–Crippen MR) is 211 cm³/mol. The van der Waals surface area contributed by atoms with Crippen molar-refractivity contribution in [2.45, 2.75) is 0 Å². The predicted octanol–water partition coefficient (Wildman–Crippen LogP) is 12.8. The first-order chi connectivity index (χ1) is 24.8. The maximum absolute atomic E-state index is 5.13. The van der Waals surface area contributed by atoms with Gasteiger partial charge in [-0.05, 0) is 98.4 Å². The van der Waals surface area contributed by atoms with Crippen LogP contribution in [0.25, 0.3) is 71.3 Å². The molecule has 50 heavy (non-hydrogen) atoms. The van der Waals surface area contributed by atoms with E-state index < -0.39 is 0 Å². The first-order valence-electron chi connectivity index (χ1n) is 17.1.